The second kappa shape index (κ2) is 8.15. The molecular weight excluding hydrogens is 382 g/mol. The zero-order valence-corrected chi connectivity index (χ0v) is 15.6. The molecule has 4 rings (SSSR count). The zero-order valence-electron chi connectivity index (χ0n) is 13.9. The molecule has 134 valence electrons. The molecule has 0 radical (unpaired) electrons. The predicted molar refractivity (Wildman–Crippen MR) is 102 cm³/mol. The number of nitrogens with zero attached hydrogens (tertiary/aromatic N) is 3. The maximum absolute atomic E-state index is 12.5. The number of rotatable bonds is 6. The molecule has 0 saturated heterocycles. The molecule has 0 amide bonds. The van der Waals surface area contributed by atoms with Gasteiger partial charge in [-0.1, -0.05) is 35.1 Å². The molecule has 0 aliphatic rings. The van der Waals surface area contributed by atoms with Crippen LogP contribution < -0.4 is 0 Å². The van der Waals surface area contributed by atoms with Crippen LogP contribution in [0.2, 0.25) is 0 Å². The summed E-state index contributed by atoms with van der Waals surface area (Å²) >= 11 is 2.95. The van der Waals surface area contributed by atoms with Crippen molar-refractivity contribution in [3.8, 4) is 11.4 Å². The summed E-state index contributed by atoms with van der Waals surface area (Å²) in [5.41, 5.74) is 1.26. The van der Waals surface area contributed by atoms with E-state index in [1.54, 1.807) is 29.7 Å². The molecule has 0 atom stereocenters. The number of hydrogen-bond donors (Lipinski definition) is 0. The lowest BCUT2D eigenvalue weighted by Crippen LogP contribution is -2.07. The van der Waals surface area contributed by atoms with Crippen molar-refractivity contribution in [2.24, 2.45) is 0 Å². The van der Waals surface area contributed by atoms with Crippen LogP contribution in [0, 0.1) is 0 Å². The summed E-state index contributed by atoms with van der Waals surface area (Å²) in [6.07, 6.45) is 1.65. The van der Waals surface area contributed by atoms with Gasteiger partial charge in [-0.3, -0.25) is 0 Å². The summed E-state index contributed by atoms with van der Waals surface area (Å²) < 4.78 is 10.5. The van der Waals surface area contributed by atoms with Crippen LogP contribution in [0.1, 0.15) is 16.2 Å². The summed E-state index contributed by atoms with van der Waals surface area (Å²) in [5, 5.41) is 8.33. The third-order valence-corrected chi connectivity index (χ3v) is 5.23. The molecule has 0 unspecified atom stereocenters. The maximum atomic E-state index is 12.5. The van der Waals surface area contributed by atoms with Crippen molar-refractivity contribution in [3.05, 3.63) is 76.9 Å². The predicted octanol–water partition coefficient (Wildman–Crippen LogP) is 4.70. The number of carbonyl (C=O) groups is 1. The van der Waals surface area contributed by atoms with Gasteiger partial charge in [0, 0.05) is 22.0 Å². The molecule has 0 saturated carbocycles. The van der Waals surface area contributed by atoms with E-state index in [0.29, 0.717) is 16.4 Å². The van der Waals surface area contributed by atoms with E-state index >= 15 is 0 Å². The van der Waals surface area contributed by atoms with Crippen LogP contribution in [0.25, 0.3) is 11.4 Å². The lowest BCUT2D eigenvalue weighted by atomic mass is 10.3. The summed E-state index contributed by atoms with van der Waals surface area (Å²) in [5.74, 6) is 0.228. The molecule has 4 aromatic rings. The highest BCUT2D eigenvalue weighted by atomic mass is 32.2. The molecule has 1 aromatic carbocycles. The first kappa shape index (κ1) is 17.4. The average Bonchev–Trinajstić information content (AvgIpc) is 3.39. The molecule has 27 heavy (non-hydrogen) atoms. The number of ether oxygens (including phenoxy) is 1. The fourth-order valence-corrected chi connectivity index (χ4v) is 3.78. The fourth-order valence-electron chi connectivity index (χ4n) is 2.26. The topological polar surface area (TPSA) is 78.1 Å². The molecule has 3 heterocycles. The van der Waals surface area contributed by atoms with E-state index < -0.39 is 5.97 Å². The molecule has 0 N–H and O–H groups in total. The summed E-state index contributed by atoms with van der Waals surface area (Å²) in [6, 6.07) is 15.0. The van der Waals surface area contributed by atoms with Crippen molar-refractivity contribution in [2.45, 2.75) is 16.5 Å². The first-order valence-corrected chi connectivity index (χ1v) is 9.76. The van der Waals surface area contributed by atoms with Gasteiger partial charge < -0.3 is 9.26 Å². The SMILES string of the molecule is O=C(OCc1nc(-c2ccsc2)no1)c1cccnc1Sc1ccccc1. The van der Waals surface area contributed by atoms with Gasteiger partial charge in [0.2, 0.25) is 5.82 Å². The van der Waals surface area contributed by atoms with Gasteiger partial charge in [0.25, 0.3) is 5.89 Å². The second-order valence-corrected chi connectivity index (χ2v) is 7.21. The number of benzene rings is 1. The van der Waals surface area contributed by atoms with E-state index in [2.05, 4.69) is 15.1 Å². The van der Waals surface area contributed by atoms with Gasteiger partial charge in [-0.05, 0) is 35.7 Å². The smallest absolute Gasteiger partial charge is 0.341 e. The Hall–Kier alpha value is -2.97. The molecular formula is C19H13N3O3S2. The number of hydrogen-bond acceptors (Lipinski definition) is 8. The van der Waals surface area contributed by atoms with Crippen molar-refractivity contribution < 1.29 is 14.1 Å². The Balaban J connectivity index is 1.44. The van der Waals surface area contributed by atoms with Crippen molar-refractivity contribution >= 4 is 29.1 Å². The minimum Gasteiger partial charge on any atom is -0.452 e. The molecule has 0 fully saturated rings. The number of esters is 1. The molecule has 0 aliphatic heterocycles. The standard InChI is InChI=1S/C19H13N3O3S2/c23-19(24-11-16-21-17(22-25-16)13-8-10-26-12-13)15-7-4-9-20-18(15)27-14-5-2-1-3-6-14/h1-10,12H,11H2. The summed E-state index contributed by atoms with van der Waals surface area (Å²) in [7, 11) is 0. The van der Waals surface area contributed by atoms with Gasteiger partial charge in [-0.15, -0.1) is 0 Å². The highest BCUT2D eigenvalue weighted by Crippen LogP contribution is 2.28. The Kier molecular flexibility index (Phi) is 5.27. The van der Waals surface area contributed by atoms with Crippen LogP contribution >= 0.6 is 23.1 Å². The van der Waals surface area contributed by atoms with E-state index in [4.69, 9.17) is 9.26 Å². The first-order valence-electron chi connectivity index (χ1n) is 8.00. The van der Waals surface area contributed by atoms with Crippen molar-refractivity contribution in [3.63, 3.8) is 0 Å². The monoisotopic (exact) mass is 395 g/mol. The average molecular weight is 395 g/mol. The van der Waals surface area contributed by atoms with Crippen molar-refractivity contribution in [1.29, 1.82) is 0 Å². The third kappa shape index (κ3) is 4.24. The van der Waals surface area contributed by atoms with Crippen LogP contribution in [-0.4, -0.2) is 21.1 Å². The first-order chi connectivity index (χ1) is 13.3. The van der Waals surface area contributed by atoms with Crippen LogP contribution in [-0.2, 0) is 11.3 Å². The van der Waals surface area contributed by atoms with Gasteiger partial charge in [0.1, 0.15) is 5.03 Å². The number of carbonyl (C=O) groups excluding carboxylic acids is 1. The van der Waals surface area contributed by atoms with Crippen LogP contribution in [0.5, 0.6) is 0 Å². The largest absolute Gasteiger partial charge is 0.452 e. The van der Waals surface area contributed by atoms with Crippen molar-refractivity contribution in [2.75, 3.05) is 0 Å². The molecule has 0 spiro atoms. The van der Waals surface area contributed by atoms with Gasteiger partial charge >= 0.3 is 5.97 Å². The second-order valence-electron chi connectivity index (χ2n) is 5.37. The number of thiophene rings is 1. The summed E-state index contributed by atoms with van der Waals surface area (Å²) in [6.45, 7) is -0.0969. The van der Waals surface area contributed by atoms with Gasteiger partial charge in [0.15, 0.2) is 6.61 Å². The Morgan fingerprint density at radius 1 is 1.15 bits per heavy atom. The highest BCUT2D eigenvalue weighted by Gasteiger charge is 2.17. The molecule has 6 nitrogen and oxygen atoms in total. The quantitative estimate of drug-likeness (QED) is 0.438. The van der Waals surface area contributed by atoms with Crippen LogP contribution in [0.3, 0.4) is 0 Å². The molecule has 3 aromatic heterocycles. The summed E-state index contributed by atoms with van der Waals surface area (Å²) in [4.78, 5) is 22.0. The van der Waals surface area contributed by atoms with Crippen molar-refractivity contribution in [1.82, 2.24) is 15.1 Å². The van der Waals surface area contributed by atoms with Crippen LogP contribution in [0.4, 0.5) is 0 Å². The lowest BCUT2D eigenvalue weighted by molar-refractivity contribution is 0.0424. The molecule has 0 aliphatic carbocycles. The normalized spacial score (nSPS) is 10.7. The van der Waals surface area contributed by atoms with E-state index in [1.807, 2.05) is 47.2 Å². The van der Waals surface area contributed by atoms with Crippen LogP contribution in [0.15, 0.2) is 79.9 Å². The maximum Gasteiger partial charge on any atom is 0.341 e. The van der Waals surface area contributed by atoms with Gasteiger partial charge in [-0.2, -0.15) is 16.3 Å². The van der Waals surface area contributed by atoms with Gasteiger partial charge in [0.05, 0.1) is 5.56 Å². The zero-order chi connectivity index (χ0) is 18.5. The highest BCUT2D eigenvalue weighted by molar-refractivity contribution is 7.99. The Morgan fingerprint density at radius 3 is 2.85 bits per heavy atom. The fraction of sp³-hybridized carbons (Fsp3) is 0.0526. The lowest BCUT2D eigenvalue weighted by Gasteiger charge is -2.07. The number of aromatic nitrogens is 3. The van der Waals surface area contributed by atoms with E-state index in [1.165, 1.54) is 11.8 Å². The van der Waals surface area contributed by atoms with E-state index in [9.17, 15) is 4.79 Å². The molecule has 0 bridgehead atoms. The Bertz CT molecular complexity index is 1030. The Labute approximate surface area is 163 Å². The molecule has 8 heteroatoms. The number of pyridine rings is 1. The van der Waals surface area contributed by atoms with E-state index in [-0.39, 0.29) is 12.5 Å². The third-order valence-electron chi connectivity index (χ3n) is 3.52. The minimum absolute atomic E-state index is 0.0969. The minimum atomic E-state index is -0.489. The van der Waals surface area contributed by atoms with E-state index in [0.717, 1.165) is 10.5 Å². The van der Waals surface area contributed by atoms with Gasteiger partial charge in [-0.25, -0.2) is 9.78 Å². The Morgan fingerprint density at radius 2 is 2.04 bits per heavy atom.